The Balaban J connectivity index is 2.43. The highest BCUT2D eigenvalue weighted by atomic mass is 35.5. The average Bonchev–Trinajstić information content (AvgIpc) is 2.40. The number of hydrogen-bond acceptors (Lipinski definition) is 2. The number of nitrogens with one attached hydrogen (secondary N) is 1. The summed E-state index contributed by atoms with van der Waals surface area (Å²) < 4.78 is 0. The van der Waals surface area contributed by atoms with Gasteiger partial charge in [-0.3, -0.25) is 0 Å². The van der Waals surface area contributed by atoms with Crippen LogP contribution >= 0.6 is 11.6 Å². The molecule has 0 saturated heterocycles. The maximum atomic E-state index is 6.30. The maximum absolute atomic E-state index is 6.30. The summed E-state index contributed by atoms with van der Waals surface area (Å²) in [6, 6.07) is 14.5. The molecule has 100 valence electrons. The molecule has 0 heterocycles. The van der Waals surface area contributed by atoms with Gasteiger partial charge in [0.1, 0.15) is 0 Å². The van der Waals surface area contributed by atoms with Crippen LogP contribution in [-0.4, -0.2) is 14.1 Å². The Morgan fingerprint density at radius 3 is 2.58 bits per heavy atom. The van der Waals surface area contributed by atoms with E-state index in [9.17, 15) is 0 Å². The number of rotatable bonds is 4. The van der Waals surface area contributed by atoms with E-state index in [0.29, 0.717) is 0 Å². The molecule has 0 aliphatic carbocycles. The first-order valence-corrected chi connectivity index (χ1v) is 6.73. The second-order valence-corrected chi connectivity index (χ2v) is 5.07. The van der Waals surface area contributed by atoms with Gasteiger partial charge in [0.25, 0.3) is 0 Å². The summed E-state index contributed by atoms with van der Waals surface area (Å²) in [6.45, 7) is 2.86. The zero-order chi connectivity index (χ0) is 13.8. The average molecular weight is 275 g/mol. The van der Waals surface area contributed by atoms with Crippen molar-refractivity contribution < 1.29 is 0 Å². The van der Waals surface area contributed by atoms with Gasteiger partial charge in [0.15, 0.2) is 0 Å². The fourth-order valence-electron chi connectivity index (χ4n) is 2.19. The van der Waals surface area contributed by atoms with Gasteiger partial charge in [-0.05, 0) is 43.8 Å². The van der Waals surface area contributed by atoms with Crippen LogP contribution in [-0.2, 0) is 6.54 Å². The largest absolute Gasteiger partial charge is 0.344 e. The molecule has 0 fully saturated rings. The lowest BCUT2D eigenvalue weighted by Crippen LogP contribution is -2.15. The molecule has 3 heteroatoms. The molecule has 2 rings (SSSR count). The molecular weight excluding hydrogens is 256 g/mol. The molecule has 2 nitrogen and oxygen atoms in total. The molecule has 2 aromatic carbocycles. The van der Waals surface area contributed by atoms with Gasteiger partial charge < -0.3 is 10.2 Å². The minimum atomic E-state index is 0.755. The zero-order valence-corrected chi connectivity index (χ0v) is 12.3. The predicted octanol–water partition coefficient (Wildman–Crippen LogP) is 4.14. The van der Waals surface area contributed by atoms with Gasteiger partial charge in [-0.15, -0.1) is 0 Å². The summed E-state index contributed by atoms with van der Waals surface area (Å²) in [5, 5.41) is 3.97. The Hall–Kier alpha value is -1.51. The van der Waals surface area contributed by atoms with E-state index in [2.05, 4.69) is 54.5 Å². The third-order valence-corrected chi connectivity index (χ3v) is 3.55. The lowest BCUT2D eigenvalue weighted by molar-refractivity contribution is 0.816. The molecule has 19 heavy (non-hydrogen) atoms. The third kappa shape index (κ3) is 3.09. The molecule has 0 amide bonds. The summed E-state index contributed by atoms with van der Waals surface area (Å²) in [4.78, 5) is 2.17. The number of benzene rings is 2. The zero-order valence-electron chi connectivity index (χ0n) is 11.6. The van der Waals surface area contributed by atoms with Crippen molar-refractivity contribution in [2.75, 3.05) is 19.0 Å². The number of halogens is 1. The summed E-state index contributed by atoms with van der Waals surface area (Å²) in [7, 11) is 4.00. The van der Waals surface area contributed by atoms with Crippen LogP contribution in [0.5, 0.6) is 0 Å². The lowest BCUT2D eigenvalue weighted by Gasteiger charge is -2.23. The first-order chi connectivity index (χ1) is 9.13. The van der Waals surface area contributed by atoms with Gasteiger partial charge in [-0.2, -0.15) is 0 Å². The van der Waals surface area contributed by atoms with Crippen molar-refractivity contribution in [1.29, 1.82) is 0 Å². The highest BCUT2D eigenvalue weighted by Gasteiger charge is 2.11. The molecule has 0 aromatic heterocycles. The summed E-state index contributed by atoms with van der Waals surface area (Å²) >= 11 is 6.30. The van der Waals surface area contributed by atoms with Crippen molar-refractivity contribution in [1.82, 2.24) is 5.32 Å². The Bertz CT molecular complexity index is 566. The van der Waals surface area contributed by atoms with Gasteiger partial charge in [-0.1, -0.05) is 29.8 Å². The number of aryl methyl sites for hydroxylation is 1. The molecular formula is C16H19ClN2. The maximum Gasteiger partial charge on any atom is 0.0471 e. The van der Waals surface area contributed by atoms with Crippen LogP contribution in [0.25, 0.3) is 0 Å². The van der Waals surface area contributed by atoms with E-state index in [4.69, 9.17) is 11.6 Å². The van der Waals surface area contributed by atoms with Crippen LogP contribution in [0.1, 0.15) is 11.1 Å². The molecule has 1 N–H and O–H groups in total. The number of nitrogens with zero attached hydrogens (tertiary/aromatic N) is 1. The molecule has 0 radical (unpaired) electrons. The second kappa shape index (κ2) is 6.09. The van der Waals surface area contributed by atoms with E-state index in [0.717, 1.165) is 22.8 Å². The van der Waals surface area contributed by atoms with Crippen molar-refractivity contribution >= 4 is 23.0 Å². The van der Waals surface area contributed by atoms with E-state index < -0.39 is 0 Å². The van der Waals surface area contributed by atoms with Gasteiger partial charge in [0.05, 0.1) is 0 Å². The quantitative estimate of drug-likeness (QED) is 0.902. The smallest absolute Gasteiger partial charge is 0.0471 e. The molecule has 0 aliphatic heterocycles. The topological polar surface area (TPSA) is 15.3 Å². The third-order valence-electron chi connectivity index (χ3n) is 3.20. The van der Waals surface area contributed by atoms with E-state index in [1.807, 2.05) is 19.2 Å². The van der Waals surface area contributed by atoms with E-state index in [1.54, 1.807) is 0 Å². The van der Waals surface area contributed by atoms with Crippen molar-refractivity contribution in [3.8, 4) is 0 Å². The van der Waals surface area contributed by atoms with E-state index in [-0.39, 0.29) is 0 Å². The van der Waals surface area contributed by atoms with Gasteiger partial charge in [-0.25, -0.2) is 0 Å². The highest BCUT2D eigenvalue weighted by Crippen LogP contribution is 2.31. The van der Waals surface area contributed by atoms with Crippen LogP contribution in [0.15, 0.2) is 42.5 Å². The minimum absolute atomic E-state index is 0.755. The SMILES string of the molecule is CNCc1c(Cl)cccc1N(C)c1cccc(C)c1. The van der Waals surface area contributed by atoms with Gasteiger partial charge in [0, 0.05) is 35.6 Å². The first-order valence-electron chi connectivity index (χ1n) is 6.36. The lowest BCUT2D eigenvalue weighted by atomic mass is 10.1. The van der Waals surface area contributed by atoms with Crippen molar-refractivity contribution in [3.05, 3.63) is 58.6 Å². The standard InChI is InChI=1S/C16H19ClN2/c1-12-6-4-7-13(10-12)19(3)16-9-5-8-15(17)14(16)11-18-2/h4-10,18H,11H2,1-3H3. The monoisotopic (exact) mass is 274 g/mol. The molecule has 0 unspecified atom stereocenters. The normalized spacial score (nSPS) is 10.5. The van der Waals surface area contributed by atoms with Crippen molar-refractivity contribution in [2.24, 2.45) is 0 Å². The van der Waals surface area contributed by atoms with Crippen LogP contribution in [0.2, 0.25) is 5.02 Å². The Labute approximate surface area is 120 Å². The van der Waals surface area contributed by atoms with Crippen molar-refractivity contribution in [3.63, 3.8) is 0 Å². The molecule has 2 aromatic rings. The predicted molar refractivity (Wildman–Crippen MR) is 83.5 cm³/mol. The van der Waals surface area contributed by atoms with Crippen LogP contribution < -0.4 is 10.2 Å². The van der Waals surface area contributed by atoms with Crippen LogP contribution in [0.3, 0.4) is 0 Å². The summed E-state index contributed by atoms with van der Waals surface area (Å²) in [5.41, 5.74) is 4.67. The minimum Gasteiger partial charge on any atom is -0.344 e. The van der Waals surface area contributed by atoms with E-state index in [1.165, 1.54) is 11.3 Å². The van der Waals surface area contributed by atoms with Gasteiger partial charge >= 0.3 is 0 Å². The van der Waals surface area contributed by atoms with Crippen LogP contribution in [0, 0.1) is 6.92 Å². The second-order valence-electron chi connectivity index (χ2n) is 4.67. The fraction of sp³-hybridized carbons (Fsp3) is 0.250. The summed E-state index contributed by atoms with van der Waals surface area (Å²) in [6.07, 6.45) is 0. The molecule has 0 atom stereocenters. The first kappa shape index (κ1) is 13.9. The molecule has 0 saturated carbocycles. The summed E-state index contributed by atoms with van der Waals surface area (Å²) in [5.74, 6) is 0. The van der Waals surface area contributed by atoms with E-state index >= 15 is 0 Å². The molecule has 0 spiro atoms. The van der Waals surface area contributed by atoms with Gasteiger partial charge in [0.2, 0.25) is 0 Å². The van der Waals surface area contributed by atoms with Crippen molar-refractivity contribution in [2.45, 2.75) is 13.5 Å². The number of anilines is 2. The Kier molecular flexibility index (Phi) is 4.46. The highest BCUT2D eigenvalue weighted by molar-refractivity contribution is 6.31. The molecule has 0 aliphatic rings. The fourth-order valence-corrected chi connectivity index (χ4v) is 2.43. The van der Waals surface area contributed by atoms with Crippen LogP contribution in [0.4, 0.5) is 11.4 Å². The number of hydrogen-bond donors (Lipinski definition) is 1. The molecule has 0 bridgehead atoms. The Morgan fingerprint density at radius 2 is 1.89 bits per heavy atom. The Morgan fingerprint density at radius 1 is 1.16 bits per heavy atom.